The van der Waals surface area contributed by atoms with Gasteiger partial charge in [0.1, 0.15) is 0 Å². The predicted octanol–water partition coefficient (Wildman–Crippen LogP) is 1.14. The van der Waals surface area contributed by atoms with Gasteiger partial charge in [0.15, 0.2) is 5.96 Å². The van der Waals surface area contributed by atoms with Crippen molar-refractivity contribution in [3.05, 3.63) is 16.1 Å². The number of thiazole rings is 1. The van der Waals surface area contributed by atoms with Crippen LogP contribution in [0.15, 0.2) is 10.4 Å². The minimum atomic E-state index is 0.912. The Labute approximate surface area is 100 Å². The summed E-state index contributed by atoms with van der Waals surface area (Å²) in [6.45, 7) is 4.99. The predicted molar refractivity (Wildman–Crippen MR) is 68.1 cm³/mol. The summed E-state index contributed by atoms with van der Waals surface area (Å²) < 4.78 is 0. The molecule has 2 heterocycles. The lowest BCUT2D eigenvalue weighted by Gasteiger charge is -2.14. The van der Waals surface area contributed by atoms with Crippen molar-refractivity contribution in [3.63, 3.8) is 0 Å². The zero-order chi connectivity index (χ0) is 11.4. The summed E-state index contributed by atoms with van der Waals surface area (Å²) in [6.07, 6.45) is 2.01. The molecule has 0 spiro atoms. The highest BCUT2D eigenvalue weighted by atomic mass is 32.1. The van der Waals surface area contributed by atoms with E-state index in [1.54, 1.807) is 11.3 Å². The van der Waals surface area contributed by atoms with Gasteiger partial charge in [-0.2, -0.15) is 0 Å². The Morgan fingerprint density at radius 1 is 1.56 bits per heavy atom. The van der Waals surface area contributed by atoms with E-state index < -0.39 is 0 Å². The summed E-state index contributed by atoms with van der Waals surface area (Å²) in [6, 6.07) is 0. The molecular weight excluding hydrogens is 220 g/mol. The molecule has 0 amide bonds. The van der Waals surface area contributed by atoms with Gasteiger partial charge in [0.05, 0.1) is 17.2 Å². The summed E-state index contributed by atoms with van der Waals surface area (Å²) in [5, 5.41) is 6.73. The maximum Gasteiger partial charge on any atom is 0.193 e. The number of aryl methyl sites for hydroxylation is 1. The minimum Gasteiger partial charge on any atom is -0.356 e. The van der Waals surface area contributed by atoms with Crippen molar-refractivity contribution in [2.24, 2.45) is 4.99 Å². The third-order valence-electron chi connectivity index (χ3n) is 2.62. The molecule has 0 bridgehead atoms. The van der Waals surface area contributed by atoms with E-state index in [9.17, 15) is 0 Å². The maximum atomic E-state index is 4.54. The van der Waals surface area contributed by atoms with Crippen LogP contribution >= 0.6 is 11.3 Å². The van der Waals surface area contributed by atoms with E-state index >= 15 is 0 Å². The molecule has 0 unspecified atom stereocenters. The Balaban J connectivity index is 1.75. The van der Waals surface area contributed by atoms with Crippen LogP contribution < -0.4 is 5.32 Å². The van der Waals surface area contributed by atoms with Gasteiger partial charge in [-0.3, -0.25) is 4.99 Å². The molecule has 1 aromatic heterocycles. The van der Waals surface area contributed by atoms with Crippen LogP contribution in [0.4, 0.5) is 0 Å². The molecule has 5 heteroatoms. The molecule has 16 heavy (non-hydrogen) atoms. The standard InChI is InChI=1S/C11H18N4S/c1-3-10-14-9(8-16-10)4-5-12-11-13-6-7-15(11)2/h8H,3-7H2,1-2H3,(H,12,13). The number of hydrogen-bond acceptors (Lipinski definition) is 5. The first-order valence-electron chi connectivity index (χ1n) is 5.72. The molecule has 0 fully saturated rings. The average Bonchev–Trinajstić information content (AvgIpc) is 2.89. The fourth-order valence-electron chi connectivity index (χ4n) is 1.65. The molecule has 1 N–H and O–H groups in total. The smallest absolute Gasteiger partial charge is 0.193 e. The van der Waals surface area contributed by atoms with Gasteiger partial charge >= 0.3 is 0 Å². The molecule has 1 aromatic rings. The normalized spacial score (nSPS) is 15.4. The Bertz CT molecular complexity index is 372. The SMILES string of the molecule is CCc1nc(CCNC2=NCCN2C)cs1. The molecule has 0 aliphatic carbocycles. The molecule has 88 valence electrons. The van der Waals surface area contributed by atoms with E-state index in [4.69, 9.17) is 0 Å². The van der Waals surface area contributed by atoms with E-state index in [-0.39, 0.29) is 0 Å². The highest BCUT2D eigenvalue weighted by molar-refractivity contribution is 7.09. The van der Waals surface area contributed by atoms with Crippen molar-refractivity contribution in [1.29, 1.82) is 0 Å². The first-order chi connectivity index (χ1) is 7.79. The van der Waals surface area contributed by atoms with Gasteiger partial charge in [-0.05, 0) is 6.42 Å². The van der Waals surface area contributed by atoms with Crippen LogP contribution in [0, 0.1) is 0 Å². The largest absolute Gasteiger partial charge is 0.356 e. The lowest BCUT2D eigenvalue weighted by atomic mass is 10.3. The number of guanidine groups is 1. The zero-order valence-electron chi connectivity index (χ0n) is 9.86. The van der Waals surface area contributed by atoms with Crippen LogP contribution in [0.3, 0.4) is 0 Å². The van der Waals surface area contributed by atoms with Gasteiger partial charge in [-0.1, -0.05) is 6.92 Å². The molecule has 1 aliphatic rings. The lowest BCUT2D eigenvalue weighted by Crippen LogP contribution is -2.36. The summed E-state index contributed by atoms with van der Waals surface area (Å²) in [4.78, 5) is 11.1. The van der Waals surface area contributed by atoms with E-state index in [1.807, 2.05) is 0 Å². The van der Waals surface area contributed by atoms with Crippen molar-refractivity contribution in [1.82, 2.24) is 15.2 Å². The number of rotatable bonds is 4. The lowest BCUT2D eigenvalue weighted by molar-refractivity contribution is 0.534. The second kappa shape index (κ2) is 5.30. The van der Waals surface area contributed by atoms with Gasteiger partial charge in [0, 0.05) is 31.9 Å². The third kappa shape index (κ3) is 2.72. The Hall–Kier alpha value is -1.10. The van der Waals surface area contributed by atoms with Crippen LogP contribution in [-0.2, 0) is 12.8 Å². The highest BCUT2D eigenvalue weighted by Crippen LogP contribution is 2.10. The first kappa shape index (κ1) is 11.4. The van der Waals surface area contributed by atoms with Crippen LogP contribution in [-0.4, -0.2) is 42.5 Å². The summed E-state index contributed by atoms with van der Waals surface area (Å²) >= 11 is 1.75. The maximum absolute atomic E-state index is 4.54. The van der Waals surface area contributed by atoms with Crippen LogP contribution in [0.5, 0.6) is 0 Å². The summed E-state index contributed by atoms with van der Waals surface area (Å²) in [7, 11) is 2.07. The number of aliphatic imine (C=N–C) groups is 1. The minimum absolute atomic E-state index is 0.912. The first-order valence-corrected chi connectivity index (χ1v) is 6.60. The molecule has 0 saturated heterocycles. The third-order valence-corrected chi connectivity index (χ3v) is 3.67. The molecule has 0 radical (unpaired) electrons. The van der Waals surface area contributed by atoms with Crippen LogP contribution in [0.2, 0.25) is 0 Å². The van der Waals surface area contributed by atoms with Gasteiger partial charge in [0.25, 0.3) is 0 Å². The topological polar surface area (TPSA) is 40.5 Å². The fourth-order valence-corrected chi connectivity index (χ4v) is 2.43. The molecule has 4 nitrogen and oxygen atoms in total. The van der Waals surface area contributed by atoms with Crippen molar-refractivity contribution in [2.45, 2.75) is 19.8 Å². The Morgan fingerprint density at radius 3 is 3.06 bits per heavy atom. The van der Waals surface area contributed by atoms with Crippen molar-refractivity contribution >= 4 is 17.3 Å². The Kier molecular flexibility index (Phi) is 3.77. The average molecular weight is 238 g/mol. The fraction of sp³-hybridized carbons (Fsp3) is 0.636. The summed E-state index contributed by atoms with van der Waals surface area (Å²) in [5.41, 5.74) is 1.19. The second-order valence-electron chi connectivity index (χ2n) is 3.89. The number of hydrogen-bond donors (Lipinski definition) is 1. The molecule has 0 aromatic carbocycles. The van der Waals surface area contributed by atoms with Gasteiger partial charge < -0.3 is 10.2 Å². The Morgan fingerprint density at radius 2 is 2.44 bits per heavy atom. The number of aromatic nitrogens is 1. The van der Waals surface area contributed by atoms with Gasteiger partial charge in [0.2, 0.25) is 0 Å². The second-order valence-corrected chi connectivity index (χ2v) is 4.83. The molecule has 2 rings (SSSR count). The molecular formula is C11H18N4S. The van der Waals surface area contributed by atoms with Crippen molar-refractivity contribution < 1.29 is 0 Å². The van der Waals surface area contributed by atoms with Gasteiger partial charge in [-0.15, -0.1) is 11.3 Å². The molecule has 0 atom stereocenters. The molecule has 1 aliphatic heterocycles. The van der Waals surface area contributed by atoms with E-state index in [0.29, 0.717) is 0 Å². The number of nitrogens with one attached hydrogen (secondary N) is 1. The highest BCUT2D eigenvalue weighted by Gasteiger charge is 2.11. The van der Waals surface area contributed by atoms with Crippen molar-refractivity contribution in [3.8, 4) is 0 Å². The van der Waals surface area contributed by atoms with Crippen molar-refractivity contribution in [2.75, 3.05) is 26.7 Å². The van der Waals surface area contributed by atoms with E-state index in [0.717, 1.165) is 38.4 Å². The van der Waals surface area contributed by atoms with Crippen LogP contribution in [0.1, 0.15) is 17.6 Å². The quantitative estimate of drug-likeness (QED) is 0.855. The summed E-state index contributed by atoms with van der Waals surface area (Å²) in [5.74, 6) is 1.02. The number of nitrogens with zero attached hydrogens (tertiary/aromatic N) is 3. The van der Waals surface area contributed by atoms with E-state index in [2.05, 4.69) is 39.5 Å². The van der Waals surface area contributed by atoms with Gasteiger partial charge in [-0.25, -0.2) is 4.98 Å². The van der Waals surface area contributed by atoms with Crippen LogP contribution in [0.25, 0.3) is 0 Å². The zero-order valence-corrected chi connectivity index (χ0v) is 10.7. The molecule has 0 saturated carbocycles. The number of likely N-dealkylation sites (N-methyl/N-ethyl adjacent to an activating group) is 1. The van der Waals surface area contributed by atoms with E-state index in [1.165, 1.54) is 10.7 Å². The monoisotopic (exact) mass is 238 g/mol.